The van der Waals surface area contributed by atoms with Gasteiger partial charge in [-0.3, -0.25) is 4.79 Å². The number of aromatic nitrogens is 2. The molecule has 0 amide bonds. The summed E-state index contributed by atoms with van der Waals surface area (Å²) in [5, 5.41) is 10.2. The monoisotopic (exact) mass is 383 g/mol. The number of carboxylic acids is 1. The summed E-state index contributed by atoms with van der Waals surface area (Å²) in [6.07, 6.45) is 0.799. The topological polar surface area (TPSA) is 84.8 Å². The molecule has 1 aromatic carbocycles. The molecule has 0 aliphatic carbocycles. The van der Waals surface area contributed by atoms with Gasteiger partial charge in [-0.1, -0.05) is 13.0 Å². The Balaban J connectivity index is 1.80. The smallest absolute Gasteiger partial charge is 0.315 e. The van der Waals surface area contributed by atoms with Crippen LogP contribution < -0.4 is 14.4 Å². The van der Waals surface area contributed by atoms with Gasteiger partial charge in [-0.15, -0.1) is 0 Å². The minimum atomic E-state index is -1.00. The van der Waals surface area contributed by atoms with Crippen LogP contribution in [0.5, 0.6) is 11.5 Å². The summed E-state index contributed by atoms with van der Waals surface area (Å²) < 4.78 is 11.2. The van der Waals surface area contributed by atoms with Crippen LogP contribution in [0.25, 0.3) is 0 Å². The Morgan fingerprint density at radius 1 is 1.39 bits per heavy atom. The molecule has 7 heteroatoms. The number of aryl methyl sites for hydroxylation is 2. The van der Waals surface area contributed by atoms with Gasteiger partial charge in [0.2, 0.25) is 0 Å². The van der Waals surface area contributed by atoms with Crippen LogP contribution in [0.15, 0.2) is 18.2 Å². The summed E-state index contributed by atoms with van der Waals surface area (Å²) in [7, 11) is 1.61. The minimum Gasteiger partial charge on any atom is -0.497 e. The fourth-order valence-corrected chi connectivity index (χ4v) is 4.55. The van der Waals surface area contributed by atoms with Crippen LogP contribution in [0, 0.1) is 19.3 Å². The number of fused-ring (bicyclic) bond motifs is 3. The van der Waals surface area contributed by atoms with Crippen LogP contribution in [0.3, 0.4) is 0 Å². The second-order valence-corrected chi connectivity index (χ2v) is 7.60. The van der Waals surface area contributed by atoms with Crippen LogP contribution in [0.2, 0.25) is 0 Å². The Hall–Kier alpha value is -2.83. The number of ether oxygens (including phenoxy) is 2. The first-order valence-electron chi connectivity index (χ1n) is 9.52. The van der Waals surface area contributed by atoms with E-state index in [4.69, 9.17) is 9.47 Å². The molecule has 2 aliphatic rings. The van der Waals surface area contributed by atoms with Gasteiger partial charge in [-0.05, 0) is 26.3 Å². The van der Waals surface area contributed by atoms with Crippen molar-refractivity contribution < 1.29 is 19.4 Å². The second kappa shape index (κ2) is 6.65. The van der Waals surface area contributed by atoms with Gasteiger partial charge >= 0.3 is 5.97 Å². The van der Waals surface area contributed by atoms with E-state index in [1.807, 2.05) is 32.0 Å². The van der Waals surface area contributed by atoms with E-state index < -0.39 is 11.4 Å². The summed E-state index contributed by atoms with van der Waals surface area (Å²) in [6.45, 7) is 7.01. The molecule has 0 radical (unpaired) electrons. The predicted molar refractivity (Wildman–Crippen MR) is 104 cm³/mol. The van der Waals surface area contributed by atoms with E-state index >= 15 is 0 Å². The average Bonchev–Trinajstić information content (AvgIpc) is 3.08. The van der Waals surface area contributed by atoms with Crippen molar-refractivity contribution in [3.8, 4) is 11.5 Å². The van der Waals surface area contributed by atoms with Gasteiger partial charge < -0.3 is 19.5 Å². The van der Waals surface area contributed by atoms with E-state index in [1.165, 1.54) is 0 Å². The Morgan fingerprint density at radius 2 is 2.18 bits per heavy atom. The Kier molecular flexibility index (Phi) is 4.40. The van der Waals surface area contributed by atoms with Crippen LogP contribution >= 0.6 is 0 Å². The molecular formula is C21H25N3O4. The number of rotatable bonds is 4. The number of hydrogen-bond acceptors (Lipinski definition) is 6. The highest BCUT2D eigenvalue weighted by Crippen LogP contribution is 2.51. The van der Waals surface area contributed by atoms with Crippen molar-refractivity contribution in [1.29, 1.82) is 0 Å². The lowest BCUT2D eigenvalue weighted by molar-refractivity contribution is -0.151. The van der Waals surface area contributed by atoms with Crippen molar-refractivity contribution in [1.82, 2.24) is 9.97 Å². The van der Waals surface area contributed by atoms with Gasteiger partial charge in [-0.25, -0.2) is 9.97 Å². The molecule has 0 bridgehead atoms. The van der Waals surface area contributed by atoms with Gasteiger partial charge in [0.15, 0.2) is 0 Å². The number of anilines is 1. The number of carboxylic acid groups (broad SMARTS) is 1. The lowest BCUT2D eigenvalue weighted by Crippen LogP contribution is -2.45. The molecular weight excluding hydrogens is 358 g/mol. The van der Waals surface area contributed by atoms with E-state index in [-0.39, 0.29) is 12.5 Å². The van der Waals surface area contributed by atoms with Gasteiger partial charge in [0, 0.05) is 41.9 Å². The molecule has 28 heavy (non-hydrogen) atoms. The minimum absolute atomic E-state index is 0.133. The number of benzene rings is 1. The normalized spacial score (nSPS) is 23.0. The van der Waals surface area contributed by atoms with Crippen molar-refractivity contribution in [2.24, 2.45) is 5.41 Å². The van der Waals surface area contributed by atoms with Crippen LogP contribution in [0.4, 0.5) is 5.82 Å². The van der Waals surface area contributed by atoms with E-state index in [1.54, 1.807) is 7.11 Å². The number of methoxy groups -OCH3 is 1. The van der Waals surface area contributed by atoms with Gasteiger partial charge in [-0.2, -0.15) is 0 Å². The molecule has 2 aromatic rings. The third-order valence-electron chi connectivity index (χ3n) is 6.01. The highest BCUT2D eigenvalue weighted by molar-refractivity contribution is 5.80. The maximum absolute atomic E-state index is 12.4. The molecule has 148 valence electrons. The number of hydrogen-bond donors (Lipinski definition) is 1. The molecule has 0 spiro atoms. The molecule has 3 heterocycles. The van der Waals surface area contributed by atoms with Crippen molar-refractivity contribution >= 4 is 11.8 Å². The van der Waals surface area contributed by atoms with Gasteiger partial charge in [0.25, 0.3) is 0 Å². The fraction of sp³-hybridized carbons (Fsp3) is 0.476. The molecule has 1 saturated heterocycles. The molecule has 2 aliphatic heterocycles. The molecule has 4 rings (SSSR count). The van der Waals surface area contributed by atoms with Crippen molar-refractivity contribution in [3.63, 3.8) is 0 Å². The standard InChI is InChI=1S/C21H25N3O4/c1-5-15-12(2)22-13(3)23-19(15)24-9-17-16-7-6-14(27-4)8-18(16)28-11-21(17,10-24)20(25)26/h6-8,17H,5,9-11H2,1-4H3,(H,25,26). The average molecular weight is 383 g/mol. The zero-order valence-corrected chi connectivity index (χ0v) is 16.7. The van der Waals surface area contributed by atoms with E-state index in [0.29, 0.717) is 30.4 Å². The van der Waals surface area contributed by atoms with Crippen LogP contribution in [-0.2, 0) is 11.2 Å². The zero-order valence-electron chi connectivity index (χ0n) is 16.7. The lowest BCUT2D eigenvalue weighted by atomic mass is 9.73. The molecule has 0 saturated carbocycles. The van der Waals surface area contributed by atoms with E-state index in [9.17, 15) is 9.90 Å². The molecule has 1 fully saturated rings. The van der Waals surface area contributed by atoms with Gasteiger partial charge in [0.05, 0.1) is 7.11 Å². The lowest BCUT2D eigenvalue weighted by Gasteiger charge is -2.35. The largest absolute Gasteiger partial charge is 0.497 e. The molecule has 1 aromatic heterocycles. The molecule has 2 atom stereocenters. The first-order chi connectivity index (χ1) is 13.4. The molecule has 7 nitrogen and oxygen atoms in total. The Labute approximate surface area is 164 Å². The summed E-state index contributed by atoms with van der Waals surface area (Å²) in [5.41, 5.74) is 1.93. The Morgan fingerprint density at radius 3 is 2.86 bits per heavy atom. The summed E-state index contributed by atoms with van der Waals surface area (Å²) >= 11 is 0. The molecule has 1 N–H and O–H groups in total. The number of carbonyl (C=O) groups is 1. The predicted octanol–water partition coefficient (Wildman–Crippen LogP) is 2.73. The first kappa shape index (κ1) is 18.5. The quantitative estimate of drug-likeness (QED) is 0.869. The van der Waals surface area contributed by atoms with E-state index in [2.05, 4.69) is 21.8 Å². The highest BCUT2D eigenvalue weighted by atomic mass is 16.5. The summed E-state index contributed by atoms with van der Waals surface area (Å²) in [6, 6.07) is 5.62. The van der Waals surface area contributed by atoms with E-state index in [0.717, 1.165) is 29.1 Å². The summed E-state index contributed by atoms with van der Waals surface area (Å²) in [4.78, 5) is 23.7. The number of nitrogens with zero attached hydrogens (tertiary/aromatic N) is 3. The van der Waals surface area contributed by atoms with Crippen molar-refractivity contribution in [3.05, 3.63) is 40.8 Å². The number of aliphatic carboxylic acids is 1. The Bertz CT molecular complexity index is 945. The maximum Gasteiger partial charge on any atom is 0.315 e. The van der Waals surface area contributed by atoms with Crippen LogP contribution in [-0.4, -0.2) is 47.8 Å². The first-order valence-corrected chi connectivity index (χ1v) is 9.52. The van der Waals surface area contributed by atoms with Crippen molar-refractivity contribution in [2.75, 3.05) is 31.7 Å². The van der Waals surface area contributed by atoms with Crippen molar-refractivity contribution in [2.45, 2.75) is 33.1 Å². The van der Waals surface area contributed by atoms with Crippen LogP contribution in [0.1, 0.15) is 35.5 Å². The SMILES string of the molecule is CCc1c(C)nc(C)nc1N1CC2c3ccc(OC)cc3OCC2(C(=O)O)C1. The second-order valence-electron chi connectivity index (χ2n) is 7.60. The zero-order chi connectivity index (χ0) is 20.1. The third-order valence-corrected chi connectivity index (χ3v) is 6.01. The maximum atomic E-state index is 12.4. The third kappa shape index (κ3) is 2.68. The summed E-state index contributed by atoms with van der Waals surface area (Å²) in [5.74, 6) is 1.94. The van der Waals surface area contributed by atoms with Gasteiger partial charge in [0.1, 0.15) is 35.2 Å². The highest BCUT2D eigenvalue weighted by Gasteiger charge is 2.57. The molecule has 2 unspecified atom stereocenters. The fourth-order valence-electron chi connectivity index (χ4n) is 4.55.